The molecule has 0 amide bonds. The van der Waals surface area contributed by atoms with Crippen LogP contribution in [0.2, 0.25) is 0 Å². The average molecular weight is 308 g/mol. The van der Waals surface area contributed by atoms with E-state index in [4.69, 9.17) is 5.73 Å². The predicted octanol–water partition coefficient (Wildman–Crippen LogP) is 2.85. The van der Waals surface area contributed by atoms with E-state index in [9.17, 15) is 0 Å². The lowest BCUT2D eigenvalue weighted by atomic mass is 10.1. The summed E-state index contributed by atoms with van der Waals surface area (Å²) in [6.45, 7) is 4.67. The molecule has 2 aromatic rings. The molecule has 2 rings (SSSR count). The minimum Gasteiger partial charge on any atom is -0.334 e. The molecule has 0 radical (unpaired) electrons. The Morgan fingerprint density at radius 2 is 2.06 bits per heavy atom. The molecular weight excluding hydrogens is 290 g/mol. The Balaban J connectivity index is 2.31. The van der Waals surface area contributed by atoms with Gasteiger partial charge >= 0.3 is 0 Å². The molecule has 1 aromatic heterocycles. The maximum atomic E-state index is 5.68. The molecule has 1 aromatic carbocycles. The second-order valence-corrected chi connectivity index (χ2v) is 5.44. The number of nitrogens with two attached hydrogens (primary N) is 1. The van der Waals surface area contributed by atoms with Crippen LogP contribution in [0.3, 0.4) is 0 Å². The van der Waals surface area contributed by atoms with Gasteiger partial charge in [-0.2, -0.15) is 0 Å². The molecule has 0 aliphatic carbocycles. The number of nitrogens with zero attached hydrogens (tertiary/aromatic N) is 2. The molecule has 18 heavy (non-hydrogen) atoms. The summed E-state index contributed by atoms with van der Waals surface area (Å²) in [5.74, 6) is 0.941. The number of imidazole rings is 1. The zero-order valence-corrected chi connectivity index (χ0v) is 12.6. The van der Waals surface area contributed by atoms with Crippen molar-refractivity contribution in [3.05, 3.63) is 51.0 Å². The van der Waals surface area contributed by atoms with E-state index >= 15 is 0 Å². The molecule has 96 valence electrons. The van der Waals surface area contributed by atoms with Gasteiger partial charge in [-0.3, -0.25) is 0 Å². The number of hydrogen-bond donors (Lipinski definition) is 1. The fourth-order valence-corrected chi connectivity index (χ4v) is 2.31. The topological polar surface area (TPSA) is 43.8 Å². The highest BCUT2D eigenvalue weighted by Gasteiger charge is 2.10. The summed E-state index contributed by atoms with van der Waals surface area (Å²) in [6, 6.07) is 6.42. The van der Waals surface area contributed by atoms with Crippen LogP contribution in [-0.2, 0) is 20.0 Å². The molecule has 2 N–H and O–H groups in total. The highest BCUT2D eigenvalue weighted by Crippen LogP contribution is 2.20. The second kappa shape index (κ2) is 5.24. The zero-order valence-electron chi connectivity index (χ0n) is 11.0. The number of benzene rings is 1. The molecule has 3 nitrogen and oxygen atoms in total. The largest absolute Gasteiger partial charge is 0.334 e. The first-order chi connectivity index (χ1) is 8.52. The van der Waals surface area contributed by atoms with Gasteiger partial charge in [0.2, 0.25) is 0 Å². The van der Waals surface area contributed by atoms with E-state index in [2.05, 4.69) is 57.5 Å². The molecule has 4 heteroatoms. The second-order valence-electron chi connectivity index (χ2n) is 4.58. The molecule has 1 heterocycles. The summed E-state index contributed by atoms with van der Waals surface area (Å²) in [5, 5.41) is 0. The van der Waals surface area contributed by atoms with E-state index in [1.807, 2.05) is 7.05 Å². The Kier molecular flexibility index (Phi) is 3.88. The molecule has 0 bridgehead atoms. The molecule has 0 aliphatic rings. The zero-order chi connectivity index (χ0) is 13.3. The van der Waals surface area contributed by atoms with Crippen LogP contribution in [0.1, 0.15) is 28.3 Å². The van der Waals surface area contributed by atoms with Crippen LogP contribution >= 0.6 is 15.9 Å². The van der Waals surface area contributed by atoms with Gasteiger partial charge in [0.1, 0.15) is 5.82 Å². The van der Waals surface area contributed by atoms with Gasteiger partial charge < -0.3 is 10.3 Å². The van der Waals surface area contributed by atoms with E-state index in [-0.39, 0.29) is 0 Å². The average Bonchev–Trinajstić information content (AvgIpc) is 2.62. The summed E-state index contributed by atoms with van der Waals surface area (Å²) in [5.41, 5.74) is 10.5. The van der Waals surface area contributed by atoms with E-state index in [1.54, 1.807) is 0 Å². The molecule has 0 atom stereocenters. The normalized spacial score (nSPS) is 10.9. The van der Waals surface area contributed by atoms with Crippen molar-refractivity contribution >= 4 is 15.9 Å². The van der Waals surface area contributed by atoms with E-state index in [0.29, 0.717) is 6.54 Å². The van der Waals surface area contributed by atoms with E-state index in [1.165, 1.54) is 16.8 Å². The highest BCUT2D eigenvalue weighted by molar-refractivity contribution is 9.10. The Hall–Kier alpha value is -1.13. The maximum absolute atomic E-state index is 5.68. The van der Waals surface area contributed by atoms with Gasteiger partial charge in [0, 0.05) is 23.6 Å². The Morgan fingerprint density at radius 3 is 2.61 bits per heavy atom. The van der Waals surface area contributed by atoms with Crippen molar-refractivity contribution < 1.29 is 0 Å². The van der Waals surface area contributed by atoms with Gasteiger partial charge in [-0.05, 0) is 31.0 Å². The van der Waals surface area contributed by atoms with Crippen LogP contribution in [0.25, 0.3) is 0 Å². The molecular formula is C14H18BrN3. The molecule has 0 fully saturated rings. The van der Waals surface area contributed by atoms with Crippen LogP contribution in [-0.4, -0.2) is 9.55 Å². The van der Waals surface area contributed by atoms with Gasteiger partial charge in [0.25, 0.3) is 0 Å². The lowest BCUT2D eigenvalue weighted by Gasteiger charge is -2.04. The third-order valence-corrected chi connectivity index (χ3v) is 4.24. The molecule has 0 unspecified atom stereocenters. The maximum Gasteiger partial charge on any atom is 0.122 e. The van der Waals surface area contributed by atoms with Gasteiger partial charge in [0.15, 0.2) is 0 Å². The van der Waals surface area contributed by atoms with Gasteiger partial charge in [-0.25, -0.2) is 4.98 Å². The van der Waals surface area contributed by atoms with Gasteiger partial charge in [-0.15, -0.1) is 0 Å². The minimum atomic E-state index is 0.483. The summed E-state index contributed by atoms with van der Waals surface area (Å²) >= 11 is 3.52. The molecule has 0 saturated heterocycles. The fraction of sp³-hybridized carbons (Fsp3) is 0.357. The van der Waals surface area contributed by atoms with Crippen molar-refractivity contribution in [3.8, 4) is 0 Å². The van der Waals surface area contributed by atoms with Crippen LogP contribution in [0, 0.1) is 13.8 Å². The quantitative estimate of drug-likeness (QED) is 0.947. The van der Waals surface area contributed by atoms with Crippen molar-refractivity contribution in [2.75, 3.05) is 0 Å². The Bertz CT molecular complexity index is 573. The SMILES string of the molecule is Cc1cc(Cc2nc(CN)n(C)c2C)ccc1Br. The van der Waals surface area contributed by atoms with Crippen molar-refractivity contribution in [2.45, 2.75) is 26.8 Å². The van der Waals surface area contributed by atoms with E-state index < -0.39 is 0 Å². The fourth-order valence-electron chi connectivity index (χ4n) is 2.06. The monoisotopic (exact) mass is 307 g/mol. The smallest absolute Gasteiger partial charge is 0.122 e. The van der Waals surface area contributed by atoms with Crippen LogP contribution in [0.5, 0.6) is 0 Å². The van der Waals surface area contributed by atoms with E-state index in [0.717, 1.165) is 22.4 Å². The Morgan fingerprint density at radius 1 is 1.33 bits per heavy atom. The number of rotatable bonds is 3. The summed E-state index contributed by atoms with van der Waals surface area (Å²) in [4.78, 5) is 4.60. The lowest BCUT2D eigenvalue weighted by molar-refractivity contribution is 0.774. The summed E-state index contributed by atoms with van der Waals surface area (Å²) < 4.78 is 3.22. The summed E-state index contributed by atoms with van der Waals surface area (Å²) in [7, 11) is 2.01. The lowest BCUT2D eigenvalue weighted by Crippen LogP contribution is -2.05. The number of aryl methyl sites for hydroxylation is 1. The number of halogens is 1. The van der Waals surface area contributed by atoms with Gasteiger partial charge in [0.05, 0.1) is 12.2 Å². The third-order valence-electron chi connectivity index (χ3n) is 3.35. The molecule has 0 spiro atoms. The van der Waals surface area contributed by atoms with Crippen molar-refractivity contribution in [2.24, 2.45) is 12.8 Å². The number of hydrogen-bond acceptors (Lipinski definition) is 2. The summed E-state index contributed by atoms with van der Waals surface area (Å²) in [6.07, 6.45) is 0.855. The standard InChI is InChI=1S/C14H18BrN3/c1-9-6-11(4-5-12(9)15)7-13-10(2)18(3)14(8-16)17-13/h4-6H,7-8,16H2,1-3H3. The minimum absolute atomic E-state index is 0.483. The first kappa shape index (κ1) is 13.3. The molecule has 0 aliphatic heterocycles. The Labute approximate surface area is 116 Å². The molecule has 0 saturated carbocycles. The van der Waals surface area contributed by atoms with Crippen LogP contribution < -0.4 is 5.73 Å². The van der Waals surface area contributed by atoms with Crippen molar-refractivity contribution in [1.29, 1.82) is 0 Å². The first-order valence-corrected chi connectivity index (χ1v) is 6.78. The highest BCUT2D eigenvalue weighted by atomic mass is 79.9. The van der Waals surface area contributed by atoms with Crippen molar-refractivity contribution in [3.63, 3.8) is 0 Å². The third kappa shape index (κ3) is 2.49. The van der Waals surface area contributed by atoms with Gasteiger partial charge in [-0.1, -0.05) is 28.1 Å². The number of aromatic nitrogens is 2. The first-order valence-electron chi connectivity index (χ1n) is 5.99. The van der Waals surface area contributed by atoms with Crippen LogP contribution in [0.15, 0.2) is 22.7 Å². The predicted molar refractivity (Wildman–Crippen MR) is 77.5 cm³/mol. The van der Waals surface area contributed by atoms with Crippen molar-refractivity contribution in [1.82, 2.24) is 9.55 Å². The van der Waals surface area contributed by atoms with Crippen LogP contribution in [0.4, 0.5) is 0 Å².